The summed E-state index contributed by atoms with van der Waals surface area (Å²) in [5, 5.41) is 38.1. The summed E-state index contributed by atoms with van der Waals surface area (Å²) in [6.45, 7) is 0.824. The molecule has 0 atom stereocenters. The first-order chi connectivity index (χ1) is 15.3. The summed E-state index contributed by atoms with van der Waals surface area (Å²) < 4.78 is 5.16. The molecule has 5 N–H and O–H groups in total. The van der Waals surface area contributed by atoms with Gasteiger partial charge in [-0.05, 0) is 48.7 Å². The van der Waals surface area contributed by atoms with Crippen molar-refractivity contribution < 1.29 is 14.9 Å². The second-order valence-electron chi connectivity index (χ2n) is 7.76. The summed E-state index contributed by atoms with van der Waals surface area (Å²) in [5.41, 5.74) is 7.48. The molecule has 0 spiro atoms. The van der Waals surface area contributed by atoms with Crippen molar-refractivity contribution in [3.63, 3.8) is 0 Å². The zero-order valence-electron chi connectivity index (χ0n) is 17.8. The van der Waals surface area contributed by atoms with E-state index in [0.29, 0.717) is 53.4 Å². The third-order valence-corrected chi connectivity index (χ3v) is 5.93. The van der Waals surface area contributed by atoms with Gasteiger partial charge in [-0.15, -0.1) is 0 Å². The summed E-state index contributed by atoms with van der Waals surface area (Å²) in [7, 11) is 1.54. The number of likely N-dealkylation sites (tertiary alicyclic amines) is 1. The van der Waals surface area contributed by atoms with Gasteiger partial charge in [0.05, 0.1) is 42.5 Å². The highest BCUT2D eigenvalue weighted by Crippen LogP contribution is 2.26. The lowest BCUT2D eigenvalue weighted by atomic mass is 9.91. The lowest BCUT2D eigenvalue weighted by Crippen LogP contribution is -2.48. The molecule has 0 amide bonds. The maximum Gasteiger partial charge on any atom is 0.137 e. The molecule has 2 aromatic carbocycles. The van der Waals surface area contributed by atoms with Crippen LogP contribution in [0.25, 0.3) is 0 Å². The number of methoxy groups -OCH3 is 1. The van der Waals surface area contributed by atoms with E-state index in [4.69, 9.17) is 27.5 Å². The van der Waals surface area contributed by atoms with Crippen LogP contribution in [0.1, 0.15) is 35.1 Å². The van der Waals surface area contributed by atoms with Crippen LogP contribution >= 0.6 is 11.6 Å². The second-order valence-corrected chi connectivity index (χ2v) is 8.17. The summed E-state index contributed by atoms with van der Waals surface area (Å²) in [6, 6.07) is 12.4. The molecular weight excluding hydrogens is 430 g/mol. The van der Waals surface area contributed by atoms with Crippen molar-refractivity contribution in [1.29, 1.82) is 10.7 Å². The van der Waals surface area contributed by atoms with Crippen LogP contribution in [0.15, 0.2) is 41.4 Å². The number of rotatable bonds is 6. The lowest BCUT2D eigenvalue weighted by molar-refractivity contribution is -0.0498. The Morgan fingerprint density at radius 2 is 2.00 bits per heavy atom. The number of nitrogens with one attached hydrogen (secondary N) is 1. The number of nitrogens with two attached hydrogens (primary N) is 1. The van der Waals surface area contributed by atoms with E-state index in [1.54, 1.807) is 37.4 Å². The Kier molecular flexibility index (Phi) is 7.36. The number of hydrogen-bond acceptors (Lipinski definition) is 6. The van der Waals surface area contributed by atoms with Crippen molar-refractivity contribution in [2.45, 2.75) is 25.0 Å². The van der Waals surface area contributed by atoms with Crippen molar-refractivity contribution >= 4 is 23.3 Å². The minimum absolute atomic E-state index is 0.206. The first-order valence-corrected chi connectivity index (χ1v) is 10.5. The number of nitrogens with zero attached hydrogens (tertiary/aromatic N) is 3. The fraction of sp³-hybridized carbons (Fsp3) is 0.348. The highest BCUT2D eigenvalue weighted by molar-refractivity contribution is 6.32. The van der Waals surface area contributed by atoms with Gasteiger partial charge in [-0.3, -0.25) is 10.4 Å². The molecule has 0 aromatic heterocycles. The molecule has 32 heavy (non-hydrogen) atoms. The molecule has 0 saturated carbocycles. The molecule has 3 rings (SSSR count). The molecule has 2 aromatic rings. The Bertz CT molecular complexity index is 1070. The van der Waals surface area contributed by atoms with Crippen LogP contribution in [-0.4, -0.2) is 59.2 Å². The summed E-state index contributed by atoms with van der Waals surface area (Å²) >= 11 is 6.18. The monoisotopic (exact) mass is 455 g/mol. The molecule has 1 aliphatic heterocycles. The molecule has 9 heteroatoms. The largest absolute Gasteiger partial charge is 0.495 e. The van der Waals surface area contributed by atoms with Gasteiger partial charge in [-0.2, -0.15) is 5.26 Å². The Labute approximate surface area is 192 Å². The van der Waals surface area contributed by atoms with E-state index in [1.807, 2.05) is 11.0 Å². The van der Waals surface area contributed by atoms with Gasteiger partial charge in [0.2, 0.25) is 0 Å². The van der Waals surface area contributed by atoms with Crippen LogP contribution in [0.4, 0.5) is 0 Å². The minimum atomic E-state index is -1.11. The average Bonchev–Trinajstić information content (AvgIpc) is 2.82. The summed E-state index contributed by atoms with van der Waals surface area (Å²) in [6.07, 6.45) is 0.721. The number of benzene rings is 2. The maximum absolute atomic E-state index is 10.3. The highest BCUT2D eigenvalue weighted by atomic mass is 35.5. The first kappa shape index (κ1) is 23.5. The van der Waals surface area contributed by atoms with Gasteiger partial charge in [-0.25, -0.2) is 0 Å². The number of ether oxygens (including phenoxy) is 1. The molecule has 0 bridgehead atoms. The smallest absolute Gasteiger partial charge is 0.137 e. The molecule has 168 valence electrons. The Morgan fingerprint density at radius 3 is 2.59 bits per heavy atom. The van der Waals surface area contributed by atoms with Crippen molar-refractivity contribution in [1.82, 2.24) is 4.90 Å². The van der Waals surface area contributed by atoms with Crippen LogP contribution in [0.5, 0.6) is 5.75 Å². The van der Waals surface area contributed by atoms with Crippen molar-refractivity contribution in [3.05, 3.63) is 63.7 Å². The van der Waals surface area contributed by atoms with E-state index >= 15 is 0 Å². The molecule has 0 unspecified atom stereocenters. The molecule has 1 saturated heterocycles. The van der Waals surface area contributed by atoms with E-state index < -0.39 is 5.60 Å². The lowest BCUT2D eigenvalue weighted by Gasteiger charge is -2.38. The topological polar surface area (TPSA) is 139 Å². The van der Waals surface area contributed by atoms with E-state index in [2.05, 4.69) is 11.1 Å². The van der Waals surface area contributed by atoms with Crippen molar-refractivity contribution in [2.75, 3.05) is 26.8 Å². The summed E-state index contributed by atoms with van der Waals surface area (Å²) in [5.74, 6) is 1.01. The van der Waals surface area contributed by atoms with Gasteiger partial charge in [0.25, 0.3) is 0 Å². The van der Waals surface area contributed by atoms with E-state index in [1.165, 1.54) is 0 Å². The zero-order valence-corrected chi connectivity index (χ0v) is 18.6. The number of halogens is 1. The molecule has 1 heterocycles. The van der Waals surface area contributed by atoms with Gasteiger partial charge >= 0.3 is 0 Å². The van der Waals surface area contributed by atoms with Crippen LogP contribution < -0.4 is 10.5 Å². The van der Waals surface area contributed by atoms with Crippen LogP contribution in [0.2, 0.25) is 5.02 Å². The van der Waals surface area contributed by atoms with Crippen LogP contribution in [0.3, 0.4) is 0 Å². The quantitative estimate of drug-likeness (QED) is 0.389. The minimum Gasteiger partial charge on any atom is -0.495 e. The Balaban J connectivity index is 1.85. The van der Waals surface area contributed by atoms with Crippen molar-refractivity contribution in [3.8, 4) is 11.8 Å². The first-order valence-electron chi connectivity index (χ1n) is 10.1. The molecule has 1 fully saturated rings. The highest BCUT2D eigenvalue weighted by Gasteiger charge is 2.33. The zero-order chi connectivity index (χ0) is 23.3. The standard InChI is InChI=1S/C23H26ClN5O3/c1-32-20-5-3-16(11-19(20)24)13-28-21(26)18-10-15(12-25)2-4-17(18)22(27)29-8-6-23(31,14-30)7-9-29/h2-5,10-11,27,30-31H,6-9,13-14H2,1H3,(H2,26,28). The number of piperidine rings is 1. The SMILES string of the molecule is COc1ccc(CN=C(N)c2cc(C#N)ccc2C(=N)N2CCC(O)(CO)CC2)cc1Cl. The number of nitriles is 1. The third-order valence-electron chi connectivity index (χ3n) is 5.63. The van der Waals surface area contributed by atoms with Gasteiger partial charge in [0.15, 0.2) is 0 Å². The normalized spacial score (nSPS) is 15.8. The molecule has 1 aliphatic rings. The fourth-order valence-electron chi connectivity index (χ4n) is 3.58. The maximum atomic E-state index is 10.3. The number of aliphatic imine (C=N–C) groups is 1. The Hall–Kier alpha value is -3.12. The number of aliphatic hydroxyl groups is 2. The van der Waals surface area contributed by atoms with Crippen LogP contribution in [-0.2, 0) is 6.54 Å². The molecule has 8 nitrogen and oxygen atoms in total. The van der Waals surface area contributed by atoms with Gasteiger partial charge in [0.1, 0.15) is 17.4 Å². The molecule has 0 radical (unpaired) electrons. The fourth-order valence-corrected chi connectivity index (χ4v) is 3.86. The second kappa shape index (κ2) is 10.0. The van der Waals surface area contributed by atoms with Gasteiger partial charge in [-0.1, -0.05) is 17.7 Å². The van der Waals surface area contributed by atoms with E-state index in [0.717, 1.165) is 5.56 Å². The molecular formula is C23H26ClN5O3. The number of aliphatic hydroxyl groups excluding tert-OH is 1. The Morgan fingerprint density at radius 1 is 1.28 bits per heavy atom. The number of hydrogen-bond donors (Lipinski definition) is 4. The van der Waals surface area contributed by atoms with Gasteiger partial charge < -0.3 is 25.6 Å². The predicted octanol–water partition coefficient (Wildman–Crippen LogP) is 2.27. The van der Waals surface area contributed by atoms with Crippen LogP contribution in [0, 0.1) is 16.7 Å². The molecule has 0 aliphatic carbocycles. The van der Waals surface area contributed by atoms with Crippen molar-refractivity contribution in [2.24, 2.45) is 10.7 Å². The number of amidine groups is 2. The van der Waals surface area contributed by atoms with Gasteiger partial charge in [0, 0.05) is 24.2 Å². The average molecular weight is 456 g/mol. The third kappa shape index (κ3) is 5.19. The summed E-state index contributed by atoms with van der Waals surface area (Å²) in [4.78, 5) is 6.28. The van der Waals surface area contributed by atoms with E-state index in [9.17, 15) is 15.5 Å². The predicted molar refractivity (Wildman–Crippen MR) is 123 cm³/mol. The van der Waals surface area contributed by atoms with E-state index in [-0.39, 0.29) is 24.8 Å².